The molecule has 1 heterocycles. The summed E-state index contributed by atoms with van der Waals surface area (Å²) in [6.45, 7) is 1.63. The molecule has 0 spiro atoms. The van der Waals surface area contributed by atoms with Crippen molar-refractivity contribution in [3.63, 3.8) is 0 Å². The quantitative estimate of drug-likeness (QED) is 0.673. The maximum atomic E-state index is 9.37. The molecule has 1 rings (SSSR count). The lowest BCUT2D eigenvalue weighted by Gasteiger charge is -2.03. The summed E-state index contributed by atoms with van der Waals surface area (Å²) in [6, 6.07) is 1.88. The first-order valence-electron chi connectivity index (χ1n) is 3.34. The third kappa shape index (κ3) is 1.34. The van der Waals surface area contributed by atoms with Gasteiger partial charge in [-0.2, -0.15) is 5.26 Å². The Balaban J connectivity index is 3.38. The van der Waals surface area contributed by atoms with Crippen LogP contribution in [0.3, 0.4) is 0 Å². The van der Waals surface area contributed by atoms with Crippen molar-refractivity contribution in [1.29, 1.82) is 5.26 Å². The van der Waals surface area contributed by atoms with Gasteiger partial charge in [-0.1, -0.05) is 0 Å². The second-order valence-electron chi connectivity index (χ2n) is 2.34. The van der Waals surface area contributed by atoms with Crippen LogP contribution in [0.1, 0.15) is 16.8 Å². The molecule has 0 bridgehead atoms. The Kier molecular flexibility index (Phi) is 2.51. The van der Waals surface area contributed by atoms with E-state index < -0.39 is 0 Å². The summed E-state index contributed by atoms with van der Waals surface area (Å²) in [7, 11) is 0. The Morgan fingerprint density at radius 3 is 2.92 bits per heavy atom. The number of aromatic nitrogens is 1. The predicted molar refractivity (Wildman–Crippen MR) is 44.9 cm³/mol. The van der Waals surface area contributed by atoms with Gasteiger partial charge in [0.15, 0.2) is 5.75 Å². The summed E-state index contributed by atoms with van der Waals surface area (Å²) in [5.41, 5.74) is 1.22. The lowest BCUT2D eigenvalue weighted by Crippen LogP contribution is -1.92. The molecule has 1 aromatic rings. The van der Waals surface area contributed by atoms with E-state index in [2.05, 4.69) is 4.98 Å². The second-order valence-corrected chi connectivity index (χ2v) is 2.61. The van der Waals surface area contributed by atoms with Crippen LogP contribution in [0, 0.1) is 18.3 Å². The molecule has 0 saturated carbocycles. The van der Waals surface area contributed by atoms with Gasteiger partial charge in [-0.05, 0) is 6.92 Å². The van der Waals surface area contributed by atoms with Gasteiger partial charge in [0, 0.05) is 11.8 Å². The first kappa shape index (κ1) is 8.82. The molecule has 0 saturated heterocycles. The van der Waals surface area contributed by atoms with Gasteiger partial charge in [-0.25, -0.2) is 0 Å². The van der Waals surface area contributed by atoms with Crippen LogP contribution in [0.5, 0.6) is 5.75 Å². The third-order valence-corrected chi connectivity index (χ3v) is 1.86. The highest BCUT2D eigenvalue weighted by Crippen LogP contribution is 2.23. The minimum Gasteiger partial charge on any atom is -0.505 e. The monoisotopic (exact) mass is 182 g/mol. The van der Waals surface area contributed by atoms with E-state index in [0.717, 1.165) is 0 Å². The van der Waals surface area contributed by atoms with Crippen molar-refractivity contribution in [3.05, 3.63) is 23.0 Å². The van der Waals surface area contributed by atoms with Crippen molar-refractivity contribution in [2.75, 3.05) is 0 Å². The minimum atomic E-state index is -0.0735. The van der Waals surface area contributed by atoms with E-state index in [1.165, 1.54) is 6.20 Å². The zero-order valence-corrected chi connectivity index (χ0v) is 7.26. The van der Waals surface area contributed by atoms with E-state index in [4.69, 9.17) is 16.9 Å². The smallest absolute Gasteiger partial charge is 0.154 e. The summed E-state index contributed by atoms with van der Waals surface area (Å²) in [5, 5.41) is 18.0. The van der Waals surface area contributed by atoms with Gasteiger partial charge in [0.2, 0.25) is 0 Å². The number of halogens is 1. The van der Waals surface area contributed by atoms with E-state index >= 15 is 0 Å². The Labute approximate surface area is 75.2 Å². The number of aryl methyl sites for hydroxylation is 1. The third-order valence-electron chi connectivity index (χ3n) is 1.57. The van der Waals surface area contributed by atoms with Gasteiger partial charge in [-0.15, -0.1) is 11.6 Å². The highest BCUT2D eigenvalue weighted by molar-refractivity contribution is 6.17. The van der Waals surface area contributed by atoms with Crippen LogP contribution >= 0.6 is 11.6 Å². The number of hydrogen-bond acceptors (Lipinski definition) is 3. The number of rotatable bonds is 1. The number of nitriles is 1. The Morgan fingerprint density at radius 1 is 1.75 bits per heavy atom. The maximum Gasteiger partial charge on any atom is 0.154 e. The largest absolute Gasteiger partial charge is 0.505 e. The first-order chi connectivity index (χ1) is 5.70. The van der Waals surface area contributed by atoms with Crippen molar-refractivity contribution in [2.24, 2.45) is 0 Å². The number of hydrogen-bond donors (Lipinski definition) is 1. The molecule has 0 radical (unpaired) electrons. The van der Waals surface area contributed by atoms with Gasteiger partial charge in [0.1, 0.15) is 11.6 Å². The lowest BCUT2D eigenvalue weighted by molar-refractivity contribution is 0.465. The standard InChI is InChI=1S/C8H7ClN2O/c1-5-8(12)7(3-10)6(2-9)4-11-5/h4,12H,2H2,1H3. The molecule has 12 heavy (non-hydrogen) atoms. The molecule has 0 atom stereocenters. The van der Waals surface area contributed by atoms with Crippen LogP contribution in [0.2, 0.25) is 0 Å². The van der Waals surface area contributed by atoms with E-state index in [9.17, 15) is 5.11 Å². The molecule has 4 heteroatoms. The molecule has 0 aliphatic rings. The fraction of sp³-hybridized carbons (Fsp3) is 0.250. The van der Waals surface area contributed by atoms with Crippen LogP contribution in [0.25, 0.3) is 0 Å². The van der Waals surface area contributed by atoms with Gasteiger partial charge in [0.25, 0.3) is 0 Å². The summed E-state index contributed by atoms with van der Waals surface area (Å²) in [5.74, 6) is 0.111. The zero-order chi connectivity index (χ0) is 9.14. The van der Waals surface area contributed by atoms with Crippen LogP contribution in [-0.4, -0.2) is 10.1 Å². The SMILES string of the molecule is Cc1ncc(CCl)c(C#N)c1O. The van der Waals surface area contributed by atoms with Crippen molar-refractivity contribution in [3.8, 4) is 11.8 Å². The summed E-state index contributed by atoms with van der Waals surface area (Å²) < 4.78 is 0. The predicted octanol–water partition coefficient (Wildman–Crippen LogP) is 1.71. The van der Waals surface area contributed by atoms with E-state index in [1.807, 2.05) is 6.07 Å². The summed E-state index contributed by atoms with van der Waals surface area (Å²) in [4.78, 5) is 3.87. The molecule has 0 aromatic carbocycles. The maximum absolute atomic E-state index is 9.37. The average molecular weight is 183 g/mol. The molecule has 0 aliphatic carbocycles. The second kappa shape index (κ2) is 3.42. The molecule has 0 fully saturated rings. The summed E-state index contributed by atoms with van der Waals surface area (Å²) in [6.07, 6.45) is 1.50. The molecular weight excluding hydrogens is 176 g/mol. The van der Waals surface area contributed by atoms with Crippen molar-refractivity contribution in [2.45, 2.75) is 12.8 Å². The Morgan fingerprint density at radius 2 is 2.42 bits per heavy atom. The first-order valence-corrected chi connectivity index (χ1v) is 3.87. The van der Waals surface area contributed by atoms with Gasteiger partial charge >= 0.3 is 0 Å². The molecule has 0 aliphatic heterocycles. The minimum absolute atomic E-state index is 0.0735. The van der Waals surface area contributed by atoms with E-state index in [1.54, 1.807) is 6.92 Å². The Bertz CT molecular complexity index is 344. The number of aromatic hydroxyl groups is 1. The average Bonchev–Trinajstić information content (AvgIpc) is 2.09. The summed E-state index contributed by atoms with van der Waals surface area (Å²) >= 11 is 5.53. The van der Waals surface area contributed by atoms with E-state index in [0.29, 0.717) is 11.3 Å². The molecule has 1 aromatic heterocycles. The fourth-order valence-corrected chi connectivity index (χ4v) is 1.06. The molecular formula is C8H7ClN2O. The Hall–Kier alpha value is -1.27. The van der Waals surface area contributed by atoms with Crippen LogP contribution in [0.4, 0.5) is 0 Å². The molecule has 0 unspecified atom stereocenters. The highest BCUT2D eigenvalue weighted by Gasteiger charge is 2.09. The van der Waals surface area contributed by atoms with Gasteiger partial charge < -0.3 is 5.11 Å². The molecule has 1 N–H and O–H groups in total. The highest BCUT2D eigenvalue weighted by atomic mass is 35.5. The van der Waals surface area contributed by atoms with Gasteiger partial charge in [0.05, 0.1) is 11.6 Å². The number of pyridine rings is 1. The number of nitrogens with zero attached hydrogens (tertiary/aromatic N) is 2. The van der Waals surface area contributed by atoms with Crippen molar-refractivity contribution >= 4 is 11.6 Å². The fourth-order valence-electron chi connectivity index (χ4n) is 0.859. The molecule has 0 amide bonds. The normalized spacial score (nSPS) is 9.42. The topological polar surface area (TPSA) is 56.9 Å². The lowest BCUT2D eigenvalue weighted by atomic mass is 10.1. The van der Waals surface area contributed by atoms with Gasteiger partial charge in [-0.3, -0.25) is 4.98 Å². The molecule has 62 valence electrons. The van der Waals surface area contributed by atoms with Crippen LogP contribution in [0.15, 0.2) is 6.20 Å². The number of alkyl halides is 1. The van der Waals surface area contributed by atoms with Crippen molar-refractivity contribution in [1.82, 2.24) is 4.98 Å². The van der Waals surface area contributed by atoms with Crippen LogP contribution < -0.4 is 0 Å². The molecule has 3 nitrogen and oxygen atoms in total. The van der Waals surface area contributed by atoms with Crippen LogP contribution in [-0.2, 0) is 5.88 Å². The van der Waals surface area contributed by atoms with E-state index in [-0.39, 0.29) is 17.2 Å². The van der Waals surface area contributed by atoms with Crippen molar-refractivity contribution < 1.29 is 5.11 Å². The zero-order valence-electron chi connectivity index (χ0n) is 6.50.